The molecule has 1 saturated heterocycles. The van der Waals surface area contributed by atoms with Crippen LogP contribution in [0, 0.1) is 5.92 Å². The molecular weight excluding hydrogens is 271 g/mol. The van der Waals surface area contributed by atoms with Gasteiger partial charge in [0.2, 0.25) is 5.91 Å². The van der Waals surface area contributed by atoms with E-state index >= 15 is 0 Å². The average molecular weight is 287 g/mol. The van der Waals surface area contributed by atoms with Crippen LogP contribution in [0.5, 0.6) is 0 Å². The number of piperidine rings is 1. The van der Waals surface area contributed by atoms with Gasteiger partial charge in [-0.25, -0.2) is 4.98 Å². The van der Waals surface area contributed by atoms with Crippen molar-refractivity contribution in [1.82, 2.24) is 10.3 Å². The lowest BCUT2D eigenvalue weighted by atomic mass is 9.94. The second-order valence-electron chi connectivity index (χ2n) is 4.88. The predicted molar refractivity (Wildman–Crippen MR) is 68.1 cm³/mol. The molecule has 20 heavy (non-hydrogen) atoms. The molecule has 4 nitrogen and oxygen atoms in total. The van der Waals surface area contributed by atoms with Crippen molar-refractivity contribution in [2.24, 2.45) is 5.92 Å². The Morgan fingerprint density at radius 3 is 2.60 bits per heavy atom. The van der Waals surface area contributed by atoms with Gasteiger partial charge in [-0.05, 0) is 44.0 Å². The van der Waals surface area contributed by atoms with Crippen LogP contribution < -0.4 is 10.6 Å². The van der Waals surface area contributed by atoms with Crippen LogP contribution in [0.15, 0.2) is 18.3 Å². The van der Waals surface area contributed by atoms with Gasteiger partial charge < -0.3 is 10.6 Å². The van der Waals surface area contributed by atoms with Crippen molar-refractivity contribution in [2.75, 3.05) is 18.4 Å². The zero-order chi connectivity index (χ0) is 14.6. The lowest BCUT2D eigenvalue weighted by Gasteiger charge is -2.21. The fraction of sp³-hybridized carbons (Fsp3) is 0.538. The molecule has 1 amide bonds. The van der Waals surface area contributed by atoms with E-state index in [0.29, 0.717) is 12.3 Å². The molecule has 0 unspecified atom stereocenters. The highest BCUT2D eigenvalue weighted by molar-refractivity contribution is 5.90. The number of anilines is 1. The van der Waals surface area contributed by atoms with Crippen molar-refractivity contribution in [3.05, 3.63) is 24.0 Å². The van der Waals surface area contributed by atoms with Crippen LogP contribution in [0.25, 0.3) is 0 Å². The Labute approximate surface area is 114 Å². The highest BCUT2D eigenvalue weighted by atomic mass is 19.4. The maximum absolute atomic E-state index is 12.3. The summed E-state index contributed by atoms with van der Waals surface area (Å²) in [6.07, 6.45) is -1.15. The number of amides is 1. The normalized spacial score (nSPS) is 16.9. The first-order valence-electron chi connectivity index (χ1n) is 6.49. The van der Waals surface area contributed by atoms with E-state index in [1.165, 1.54) is 6.07 Å². The first kappa shape index (κ1) is 14.8. The van der Waals surface area contributed by atoms with E-state index in [0.717, 1.165) is 38.2 Å². The lowest BCUT2D eigenvalue weighted by Crippen LogP contribution is -2.30. The summed E-state index contributed by atoms with van der Waals surface area (Å²) in [6.45, 7) is 1.81. The molecule has 1 aromatic rings. The maximum atomic E-state index is 12.3. The van der Waals surface area contributed by atoms with Gasteiger partial charge in [0.15, 0.2) is 0 Å². The summed E-state index contributed by atoms with van der Waals surface area (Å²) in [4.78, 5) is 15.1. The number of carbonyl (C=O) groups is 1. The van der Waals surface area contributed by atoms with Gasteiger partial charge in [-0.1, -0.05) is 0 Å². The molecule has 0 aliphatic carbocycles. The molecule has 2 heterocycles. The van der Waals surface area contributed by atoms with E-state index in [1.807, 2.05) is 0 Å². The second-order valence-corrected chi connectivity index (χ2v) is 4.88. The van der Waals surface area contributed by atoms with Crippen LogP contribution in [0.1, 0.15) is 25.0 Å². The second kappa shape index (κ2) is 6.21. The molecule has 0 radical (unpaired) electrons. The fourth-order valence-electron chi connectivity index (χ4n) is 2.20. The molecule has 0 bridgehead atoms. The molecular formula is C13H16F3N3O. The summed E-state index contributed by atoms with van der Waals surface area (Å²) in [5.74, 6) is 0.150. The molecule has 0 saturated carbocycles. The van der Waals surface area contributed by atoms with Gasteiger partial charge in [-0.3, -0.25) is 4.79 Å². The van der Waals surface area contributed by atoms with Crippen LogP contribution in [0.2, 0.25) is 0 Å². The summed E-state index contributed by atoms with van der Waals surface area (Å²) in [5, 5.41) is 5.79. The predicted octanol–water partition coefficient (Wildman–Crippen LogP) is 2.43. The fourth-order valence-corrected chi connectivity index (χ4v) is 2.20. The van der Waals surface area contributed by atoms with Gasteiger partial charge in [0, 0.05) is 6.42 Å². The van der Waals surface area contributed by atoms with Crippen LogP contribution in [-0.2, 0) is 11.0 Å². The highest BCUT2D eigenvalue weighted by Gasteiger charge is 2.32. The summed E-state index contributed by atoms with van der Waals surface area (Å²) in [5.41, 5.74) is -0.675. The van der Waals surface area contributed by atoms with E-state index in [9.17, 15) is 18.0 Å². The zero-order valence-electron chi connectivity index (χ0n) is 10.8. The summed E-state index contributed by atoms with van der Waals surface area (Å²) in [7, 11) is 0. The molecule has 1 aliphatic rings. The molecule has 1 fully saturated rings. The third-order valence-electron chi connectivity index (χ3n) is 3.27. The summed E-state index contributed by atoms with van der Waals surface area (Å²) in [6, 6.07) is 2.08. The minimum Gasteiger partial charge on any atom is -0.325 e. The van der Waals surface area contributed by atoms with Gasteiger partial charge in [0.25, 0.3) is 0 Å². The number of hydrogen-bond donors (Lipinski definition) is 2. The van der Waals surface area contributed by atoms with Crippen molar-refractivity contribution < 1.29 is 18.0 Å². The number of hydrogen-bond acceptors (Lipinski definition) is 3. The molecule has 2 N–H and O–H groups in total. The standard InChI is InChI=1S/C13H16F3N3O/c14-13(15,16)11-2-1-10(8-18-11)19-12(20)7-9-3-5-17-6-4-9/h1-2,8-9,17H,3-7H2,(H,19,20). The topological polar surface area (TPSA) is 54.0 Å². The third kappa shape index (κ3) is 4.19. The molecule has 0 spiro atoms. The van der Waals surface area contributed by atoms with E-state index in [1.54, 1.807) is 0 Å². The number of nitrogens with zero attached hydrogens (tertiary/aromatic N) is 1. The number of carbonyl (C=O) groups excluding carboxylic acids is 1. The average Bonchev–Trinajstić information content (AvgIpc) is 2.39. The Morgan fingerprint density at radius 1 is 1.35 bits per heavy atom. The number of halogens is 3. The van der Waals surface area contributed by atoms with E-state index < -0.39 is 11.9 Å². The van der Waals surface area contributed by atoms with Gasteiger partial charge in [-0.2, -0.15) is 13.2 Å². The smallest absolute Gasteiger partial charge is 0.325 e. The molecule has 110 valence electrons. The van der Waals surface area contributed by atoms with Gasteiger partial charge in [-0.15, -0.1) is 0 Å². The monoisotopic (exact) mass is 287 g/mol. The molecule has 0 aromatic carbocycles. The van der Waals surface area contributed by atoms with E-state index in [-0.39, 0.29) is 11.6 Å². The first-order valence-corrected chi connectivity index (χ1v) is 6.49. The molecule has 7 heteroatoms. The van der Waals surface area contributed by atoms with Crippen LogP contribution in [0.4, 0.5) is 18.9 Å². The van der Waals surface area contributed by atoms with E-state index in [4.69, 9.17) is 0 Å². The Bertz CT molecular complexity index is 453. The van der Waals surface area contributed by atoms with Crippen LogP contribution in [0.3, 0.4) is 0 Å². The Morgan fingerprint density at radius 2 is 2.05 bits per heavy atom. The quantitative estimate of drug-likeness (QED) is 0.897. The zero-order valence-corrected chi connectivity index (χ0v) is 10.8. The van der Waals surface area contributed by atoms with E-state index in [2.05, 4.69) is 15.6 Å². The van der Waals surface area contributed by atoms with Crippen molar-refractivity contribution >= 4 is 11.6 Å². The number of rotatable bonds is 3. The Hall–Kier alpha value is -1.63. The van der Waals surface area contributed by atoms with Gasteiger partial charge in [0.1, 0.15) is 5.69 Å². The number of alkyl halides is 3. The maximum Gasteiger partial charge on any atom is 0.433 e. The molecule has 1 aromatic heterocycles. The number of aromatic nitrogens is 1. The van der Waals surface area contributed by atoms with Gasteiger partial charge in [0.05, 0.1) is 11.9 Å². The molecule has 0 atom stereocenters. The summed E-state index contributed by atoms with van der Waals surface area (Å²) >= 11 is 0. The van der Waals surface area contributed by atoms with Crippen LogP contribution >= 0.6 is 0 Å². The van der Waals surface area contributed by atoms with Gasteiger partial charge >= 0.3 is 6.18 Å². The highest BCUT2D eigenvalue weighted by Crippen LogP contribution is 2.27. The van der Waals surface area contributed by atoms with Crippen molar-refractivity contribution in [3.8, 4) is 0 Å². The first-order chi connectivity index (χ1) is 9.45. The number of nitrogens with one attached hydrogen (secondary N) is 2. The Balaban J connectivity index is 1.87. The largest absolute Gasteiger partial charge is 0.433 e. The molecule has 1 aliphatic heterocycles. The molecule has 2 rings (SSSR count). The van der Waals surface area contributed by atoms with Crippen molar-refractivity contribution in [3.63, 3.8) is 0 Å². The Kier molecular flexibility index (Phi) is 4.59. The number of pyridine rings is 1. The van der Waals surface area contributed by atoms with Crippen molar-refractivity contribution in [2.45, 2.75) is 25.4 Å². The van der Waals surface area contributed by atoms with Crippen molar-refractivity contribution in [1.29, 1.82) is 0 Å². The lowest BCUT2D eigenvalue weighted by molar-refractivity contribution is -0.141. The minimum atomic E-state index is -4.46. The third-order valence-corrected chi connectivity index (χ3v) is 3.27. The SMILES string of the molecule is O=C(CC1CCNCC1)Nc1ccc(C(F)(F)F)nc1. The van der Waals surface area contributed by atoms with Crippen LogP contribution in [-0.4, -0.2) is 24.0 Å². The summed E-state index contributed by atoms with van der Waals surface area (Å²) < 4.78 is 37.0. The minimum absolute atomic E-state index is 0.182.